The SMILES string of the molecule is O[C@@H](c1c(C2CC2)ccc2cncn12)C1CCC(c2cc(F)c(F)cc2F)CC1.O[C@H](c1c(C2CC2)ccc2cncn12)C1CCC(c2cc(F)c(F)cc2F)CC1. The molecule has 10 rings (SSSR count). The minimum absolute atomic E-state index is 0.0464. The monoisotopic (exact) mass is 800 g/mol. The van der Waals surface area contributed by atoms with Crippen LogP contribution >= 0.6 is 0 Å². The van der Waals surface area contributed by atoms with Crippen LogP contribution in [0.15, 0.2) is 73.6 Å². The summed E-state index contributed by atoms with van der Waals surface area (Å²) in [5.74, 6) is -4.92. The molecule has 0 saturated heterocycles. The molecule has 6 aromatic rings. The van der Waals surface area contributed by atoms with E-state index in [4.69, 9.17) is 0 Å². The Hall–Kier alpha value is -4.68. The van der Waals surface area contributed by atoms with Crippen LogP contribution in [0.25, 0.3) is 11.0 Å². The summed E-state index contributed by atoms with van der Waals surface area (Å²) in [5, 5.41) is 22.6. The molecule has 304 valence electrons. The van der Waals surface area contributed by atoms with Gasteiger partial charge >= 0.3 is 0 Å². The number of nitrogens with zero attached hydrogens (tertiary/aromatic N) is 4. The summed E-state index contributed by atoms with van der Waals surface area (Å²) in [4.78, 5) is 8.46. The van der Waals surface area contributed by atoms with E-state index in [1.165, 1.54) is 11.1 Å². The Morgan fingerprint density at radius 1 is 0.431 bits per heavy atom. The van der Waals surface area contributed by atoms with Gasteiger partial charge in [0.1, 0.15) is 11.6 Å². The number of hydrogen-bond donors (Lipinski definition) is 2. The first-order chi connectivity index (χ1) is 28.0. The smallest absolute Gasteiger partial charge is 0.161 e. The highest BCUT2D eigenvalue weighted by Gasteiger charge is 2.37. The number of aliphatic hydroxyl groups excluding tert-OH is 2. The molecule has 0 unspecified atom stereocenters. The molecule has 58 heavy (non-hydrogen) atoms. The van der Waals surface area contributed by atoms with Crippen LogP contribution in [0.3, 0.4) is 0 Å². The normalized spacial score (nSPS) is 23.4. The molecule has 0 aliphatic heterocycles. The fraction of sp³-hybridized carbons (Fsp3) is 0.435. The Morgan fingerprint density at radius 3 is 1.12 bits per heavy atom. The summed E-state index contributed by atoms with van der Waals surface area (Å²) < 4.78 is 85.9. The van der Waals surface area contributed by atoms with Crippen LogP contribution in [0.2, 0.25) is 0 Å². The third-order valence-corrected chi connectivity index (χ3v) is 13.3. The van der Waals surface area contributed by atoms with Gasteiger partial charge in [-0.3, -0.25) is 0 Å². The second-order valence-corrected chi connectivity index (χ2v) is 17.0. The molecule has 2 aromatic carbocycles. The van der Waals surface area contributed by atoms with Crippen LogP contribution in [-0.2, 0) is 0 Å². The first kappa shape index (κ1) is 38.8. The van der Waals surface area contributed by atoms with Crippen molar-refractivity contribution in [2.45, 2.75) is 113 Å². The quantitative estimate of drug-likeness (QED) is 0.119. The van der Waals surface area contributed by atoms with Crippen LogP contribution in [-0.4, -0.2) is 29.0 Å². The van der Waals surface area contributed by atoms with E-state index in [1.54, 1.807) is 25.0 Å². The van der Waals surface area contributed by atoms with Gasteiger partial charge in [-0.25, -0.2) is 36.3 Å². The molecule has 0 bridgehead atoms. The standard InChI is InChI=1S/2C23H23F3N2O/c2*24-19-10-21(26)20(25)9-18(19)14-3-5-15(6-4-14)23(29)22-17(13-1-2-13)8-7-16-11-27-12-28(16)22/h2*7-15,23,29H,1-6H2/t2*14?,15?,23-/m10/s1. The zero-order valence-electron chi connectivity index (χ0n) is 32.0. The fourth-order valence-electron chi connectivity index (χ4n) is 9.80. The Kier molecular flexibility index (Phi) is 10.6. The predicted octanol–water partition coefficient (Wildman–Crippen LogP) is 11.3. The lowest BCUT2D eigenvalue weighted by atomic mass is 9.75. The van der Waals surface area contributed by atoms with Crippen molar-refractivity contribution in [3.05, 3.63) is 142 Å². The lowest BCUT2D eigenvalue weighted by molar-refractivity contribution is 0.0750. The van der Waals surface area contributed by atoms with Gasteiger partial charge in [-0.05, 0) is 159 Å². The van der Waals surface area contributed by atoms with Crippen LogP contribution < -0.4 is 0 Å². The molecular weight excluding hydrogens is 755 g/mol. The number of halogens is 6. The first-order valence-corrected chi connectivity index (χ1v) is 20.6. The third kappa shape index (κ3) is 7.54. The summed E-state index contributed by atoms with van der Waals surface area (Å²) in [6, 6.07) is 11.5. The summed E-state index contributed by atoms with van der Waals surface area (Å²) in [5.41, 5.74) is 6.63. The van der Waals surface area contributed by atoms with Crippen molar-refractivity contribution >= 4 is 11.0 Å². The summed E-state index contributed by atoms with van der Waals surface area (Å²) in [6.07, 6.45) is 15.8. The van der Waals surface area contributed by atoms with Gasteiger partial charge in [0.15, 0.2) is 23.3 Å². The van der Waals surface area contributed by atoms with Gasteiger partial charge in [-0.2, -0.15) is 0 Å². The minimum atomic E-state index is -1.16. The predicted molar refractivity (Wildman–Crippen MR) is 206 cm³/mol. The van der Waals surface area contributed by atoms with E-state index in [0.29, 0.717) is 75.3 Å². The number of aromatic nitrogens is 4. The second-order valence-electron chi connectivity index (χ2n) is 17.0. The maximum Gasteiger partial charge on any atom is 0.161 e. The molecule has 4 aliphatic carbocycles. The van der Waals surface area contributed by atoms with Crippen LogP contribution in [0.4, 0.5) is 26.3 Å². The molecule has 4 fully saturated rings. The summed E-state index contributed by atoms with van der Waals surface area (Å²) >= 11 is 0. The van der Waals surface area contributed by atoms with Crippen molar-refractivity contribution in [1.29, 1.82) is 0 Å². The van der Waals surface area contributed by atoms with E-state index in [2.05, 4.69) is 22.1 Å². The molecular formula is C46H46F6N4O2. The summed E-state index contributed by atoms with van der Waals surface area (Å²) in [7, 11) is 0. The highest BCUT2D eigenvalue weighted by molar-refractivity contribution is 5.51. The highest BCUT2D eigenvalue weighted by atomic mass is 19.2. The van der Waals surface area contributed by atoms with Crippen molar-refractivity contribution in [2.75, 3.05) is 0 Å². The number of aliphatic hydroxyl groups is 2. The number of fused-ring (bicyclic) bond motifs is 2. The first-order valence-electron chi connectivity index (χ1n) is 20.6. The highest BCUT2D eigenvalue weighted by Crippen LogP contribution is 2.49. The van der Waals surface area contributed by atoms with Crippen molar-refractivity contribution in [3.8, 4) is 0 Å². The third-order valence-electron chi connectivity index (χ3n) is 13.3. The van der Waals surface area contributed by atoms with Gasteiger partial charge < -0.3 is 19.0 Å². The molecule has 4 aliphatic rings. The van der Waals surface area contributed by atoms with Crippen LogP contribution in [0.1, 0.15) is 147 Å². The molecule has 4 heterocycles. The molecule has 2 atom stereocenters. The fourth-order valence-corrected chi connectivity index (χ4v) is 9.80. The van der Waals surface area contributed by atoms with Crippen molar-refractivity contribution in [3.63, 3.8) is 0 Å². The number of pyridine rings is 2. The molecule has 12 heteroatoms. The molecule has 4 aromatic heterocycles. The molecule has 4 saturated carbocycles. The van der Waals surface area contributed by atoms with E-state index >= 15 is 0 Å². The lowest BCUT2D eigenvalue weighted by Crippen LogP contribution is -2.23. The number of imidazole rings is 2. The summed E-state index contributed by atoms with van der Waals surface area (Å²) in [6.45, 7) is 0. The van der Waals surface area contributed by atoms with Crippen molar-refractivity contribution in [1.82, 2.24) is 18.8 Å². The van der Waals surface area contributed by atoms with E-state index in [9.17, 15) is 36.6 Å². The second kappa shape index (κ2) is 15.8. The number of benzene rings is 2. The van der Waals surface area contributed by atoms with E-state index in [-0.39, 0.29) is 34.8 Å². The average Bonchev–Trinajstić information content (AvgIpc) is 4.16. The van der Waals surface area contributed by atoms with Gasteiger partial charge in [0.05, 0.1) is 59.7 Å². The average molecular weight is 801 g/mol. The lowest BCUT2D eigenvalue weighted by Gasteiger charge is -2.33. The largest absolute Gasteiger partial charge is 0.387 e. The maximum absolute atomic E-state index is 14.2. The van der Waals surface area contributed by atoms with Gasteiger partial charge in [0.2, 0.25) is 0 Å². The molecule has 0 spiro atoms. The van der Waals surface area contributed by atoms with Crippen LogP contribution in [0, 0.1) is 46.7 Å². The zero-order valence-corrected chi connectivity index (χ0v) is 32.0. The number of rotatable bonds is 8. The van der Waals surface area contributed by atoms with E-state index in [1.807, 2.05) is 20.9 Å². The molecule has 0 radical (unpaired) electrons. The maximum atomic E-state index is 14.2. The molecule has 0 amide bonds. The van der Waals surface area contributed by atoms with E-state index in [0.717, 1.165) is 60.2 Å². The van der Waals surface area contributed by atoms with E-state index < -0.39 is 47.1 Å². The van der Waals surface area contributed by atoms with Gasteiger partial charge in [0.25, 0.3) is 0 Å². The van der Waals surface area contributed by atoms with Crippen LogP contribution in [0.5, 0.6) is 0 Å². The Balaban J connectivity index is 0.000000150. The van der Waals surface area contributed by atoms with Gasteiger partial charge in [0, 0.05) is 12.1 Å². The Labute approximate surface area is 332 Å². The van der Waals surface area contributed by atoms with Gasteiger partial charge in [-0.1, -0.05) is 12.1 Å². The van der Waals surface area contributed by atoms with Crippen molar-refractivity contribution < 1.29 is 36.6 Å². The minimum Gasteiger partial charge on any atom is -0.387 e. The zero-order chi connectivity index (χ0) is 40.2. The number of hydrogen-bond acceptors (Lipinski definition) is 4. The Bertz CT molecular complexity index is 2270. The van der Waals surface area contributed by atoms with Crippen molar-refractivity contribution in [2.24, 2.45) is 11.8 Å². The molecule has 2 N–H and O–H groups in total. The topological polar surface area (TPSA) is 75.1 Å². The molecule has 6 nitrogen and oxygen atoms in total. The Morgan fingerprint density at radius 2 is 0.759 bits per heavy atom. The van der Waals surface area contributed by atoms with Gasteiger partial charge in [-0.15, -0.1) is 0 Å².